The van der Waals surface area contributed by atoms with Crippen molar-refractivity contribution in [2.75, 3.05) is 13.2 Å². The Kier molecular flexibility index (Phi) is 4.30. The Labute approximate surface area is 107 Å². The first-order valence-corrected chi connectivity index (χ1v) is 6.06. The van der Waals surface area contributed by atoms with E-state index in [4.69, 9.17) is 10.5 Å². The summed E-state index contributed by atoms with van der Waals surface area (Å²) < 4.78 is 7.39. The van der Waals surface area contributed by atoms with E-state index in [0.29, 0.717) is 19.6 Å². The molecule has 0 atom stereocenters. The Morgan fingerprint density at radius 1 is 1.22 bits per heavy atom. The molecule has 0 saturated heterocycles. The van der Waals surface area contributed by atoms with Gasteiger partial charge in [0.05, 0.1) is 6.61 Å². The summed E-state index contributed by atoms with van der Waals surface area (Å²) >= 11 is 0. The molecule has 2 aromatic rings. The van der Waals surface area contributed by atoms with Gasteiger partial charge in [-0.3, -0.25) is 4.68 Å². The maximum atomic E-state index is 5.61. The number of nitrogens with zero attached hydrogens (tertiary/aromatic N) is 3. The molecule has 0 radical (unpaired) electrons. The van der Waals surface area contributed by atoms with Crippen molar-refractivity contribution in [3.63, 3.8) is 0 Å². The Balaban J connectivity index is 1.85. The van der Waals surface area contributed by atoms with E-state index in [1.807, 2.05) is 37.4 Å². The number of hydrogen-bond donors (Lipinski definition) is 1. The second-order valence-corrected chi connectivity index (χ2v) is 4.02. The molecule has 0 saturated carbocycles. The van der Waals surface area contributed by atoms with Crippen LogP contribution in [0.2, 0.25) is 0 Å². The Bertz CT molecular complexity index is 481. The van der Waals surface area contributed by atoms with Crippen molar-refractivity contribution in [3.8, 4) is 5.75 Å². The fourth-order valence-electron chi connectivity index (χ4n) is 1.70. The molecule has 1 aromatic carbocycles. The van der Waals surface area contributed by atoms with Gasteiger partial charge in [-0.15, -0.1) is 0 Å². The zero-order valence-corrected chi connectivity index (χ0v) is 10.5. The third-order valence-electron chi connectivity index (χ3n) is 2.60. The van der Waals surface area contributed by atoms with Gasteiger partial charge in [0.25, 0.3) is 0 Å². The van der Waals surface area contributed by atoms with E-state index in [2.05, 4.69) is 10.1 Å². The minimum atomic E-state index is 0.579. The number of hydrogen-bond acceptors (Lipinski definition) is 4. The molecular formula is C13H18N4O. The summed E-state index contributed by atoms with van der Waals surface area (Å²) in [4.78, 5) is 4.42. The van der Waals surface area contributed by atoms with Crippen molar-refractivity contribution < 1.29 is 4.74 Å². The predicted molar refractivity (Wildman–Crippen MR) is 69.4 cm³/mol. The van der Waals surface area contributed by atoms with Crippen molar-refractivity contribution >= 4 is 0 Å². The number of benzene rings is 1. The second-order valence-electron chi connectivity index (χ2n) is 4.02. The molecule has 18 heavy (non-hydrogen) atoms. The fraction of sp³-hybridized carbons (Fsp3) is 0.385. The molecule has 96 valence electrons. The quantitative estimate of drug-likeness (QED) is 0.823. The third-order valence-corrected chi connectivity index (χ3v) is 2.60. The normalized spacial score (nSPS) is 10.6. The van der Waals surface area contributed by atoms with Crippen LogP contribution in [-0.4, -0.2) is 27.9 Å². The summed E-state index contributed by atoms with van der Waals surface area (Å²) in [6.45, 7) is 1.17. The van der Waals surface area contributed by atoms with E-state index in [1.54, 1.807) is 4.68 Å². The molecule has 2 N–H and O–H groups in total. The van der Waals surface area contributed by atoms with Gasteiger partial charge in [0.2, 0.25) is 0 Å². The smallest absolute Gasteiger partial charge is 0.154 e. The van der Waals surface area contributed by atoms with E-state index in [1.165, 1.54) is 0 Å². The highest BCUT2D eigenvalue weighted by Crippen LogP contribution is 2.08. The minimum Gasteiger partial charge on any atom is -0.493 e. The maximum Gasteiger partial charge on any atom is 0.154 e. The van der Waals surface area contributed by atoms with Crippen molar-refractivity contribution in [1.82, 2.24) is 14.8 Å². The largest absolute Gasteiger partial charge is 0.493 e. The fourth-order valence-corrected chi connectivity index (χ4v) is 1.70. The van der Waals surface area contributed by atoms with E-state index < -0.39 is 0 Å². The van der Waals surface area contributed by atoms with Gasteiger partial charge in [0.15, 0.2) is 5.82 Å². The molecule has 0 bridgehead atoms. The van der Waals surface area contributed by atoms with E-state index in [-0.39, 0.29) is 0 Å². The Morgan fingerprint density at radius 2 is 2.00 bits per heavy atom. The average molecular weight is 246 g/mol. The highest BCUT2D eigenvalue weighted by atomic mass is 16.5. The predicted octanol–water partition coefficient (Wildman–Crippen LogP) is 0.938. The number of para-hydroxylation sites is 1. The summed E-state index contributed by atoms with van der Waals surface area (Å²) in [5.74, 6) is 2.60. The number of rotatable bonds is 6. The maximum absolute atomic E-state index is 5.61. The second kappa shape index (κ2) is 6.16. The van der Waals surface area contributed by atoms with Gasteiger partial charge in [-0.2, -0.15) is 5.10 Å². The molecule has 1 aromatic heterocycles. The minimum absolute atomic E-state index is 0.579. The topological polar surface area (TPSA) is 66.0 Å². The lowest BCUT2D eigenvalue weighted by Crippen LogP contribution is -2.08. The molecule has 0 aliphatic carbocycles. The lowest BCUT2D eigenvalue weighted by molar-refractivity contribution is 0.318. The monoisotopic (exact) mass is 246 g/mol. The average Bonchev–Trinajstić information content (AvgIpc) is 2.72. The van der Waals surface area contributed by atoms with E-state index in [0.717, 1.165) is 23.8 Å². The highest BCUT2D eigenvalue weighted by molar-refractivity contribution is 5.20. The zero-order chi connectivity index (χ0) is 12.8. The van der Waals surface area contributed by atoms with Crippen LogP contribution in [-0.2, 0) is 19.9 Å². The van der Waals surface area contributed by atoms with Crippen LogP contribution in [0.5, 0.6) is 5.75 Å². The molecule has 0 amide bonds. The zero-order valence-electron chi connectivity index (χ0n) is 10.5. The van der Waals surface area contributed by atoms with Gasteiger partial charge in [-0.1, -0.05) is 18.2 Å². The first-order valence-electron chi connectivity index (χ1n) is 6.06. The van der Waals surface area contributed by atoms with E-state index in [9.17, 15) is 0 Å². The van der Waals surface area contributed by atoms with Crippen molar-refractivity contribution in [1.29, 1.82) is 0 Å². The first-order chi connectivity index (χ1) is 8.79. The van der Waals surface area contributed by atoms with Crippen LogP contribution in [0, 0.1) is 0 Å². The van der Waals surface area contributed by atoms with Gasteiger partial charge >= 0.3 is 0 Å². The summed E-state index contributed by atoms with van der Waals surface area (Å²) in [6, 6.07) is 9.74. The van der Waals surface area contributed by atoms with Crippen molar-refractivity contribution in [3.05, 3.63) is 42.0 Å². The highest BCUT2D eigenvalue weighted by Gasteiger charge is 2.06. The number of aromatic nitrogens is 3. The number of ether oxygens (including phenoxy) is 1. The summed E-state index contributed by atoms with van der Waals surface area (Å²) in [5, 5.41) is 4.33. The standard InChI is InChI=1S/C13H18N4O/c1-17-13(7-9-14)15-12(16-17)8-10-18-11-5-3-2-4-6-11/h2-6H,7-10,14H2,1H3. The molecule has 5 nitrogen and oxygen atoms in total. The van der Waals surface area contributed by atoms with Crippen molar-refractivity contribution in [2.24, 2.45) is 12.8 Å². The van der Waals surface area contributed by atoms with Crippen LogP contribution in [0.1, 0.15) is 11.6 Å². The van der Waals surface area contributed by atoms with Crippen LogP contribution in [0.15, 0.2) is 30.3 Å². The molecular weight excluding hydrogens is 228 g/mol. The number of nitrogens with two attached hydrogens (primary N) is 1. The van der Waals surface area contributed by atoms with Crippen LogP contribution in [0.4, 0.5) is 0 Å². The molecule has 0 unspecified atom stereocenters. The molecule has 1 heterocycles. The molecule has 5 heteroatoms. The van der Waals surface area contributed by atoms with Crippen LogP contribution in [0.25, 0.3) is 0 Å². The van der Waals surface area contributed by atoms with Gasteiger partial charge in [0, 0.05) is 19.9 Å². The van der Waals surface area contributed by atoms with Gasteiger partial charge < -0.3 is 10.5 Å². The summed E-state index contributed by atoms with van der Waals surface area (Å²) in [6.07, 6.45) is 1.45. The third kappa shape index (κ3) is 3.30. The van der Waals surface area contributed by atoms with Gasteiger partial charge in [0.1, 0.15) is 11.6 Å². The number of aryl methyl sites for hydroxylation is 1. The van der Waals surface area contributed by atoms with Gasteiger partial charge in [-0.05, 0) is 18.7 Å². The molecule has 0 fully saturated rings. The first kappa shape index (κ1) is 12.6. The summed E-state index contributed by atoms with van der Waals surface area (Å²) in [7, 11) is 1.89. The van der Waals surface area contributed by atoms with Gasteiger partial charge in [-0.25, -0.2) is 4.98 Å². The van der Waals surface area contributed by atoms with Crippen molar-refractivity contribution in [2.45, 2.75) is 12.8 Å². The van der Waals surface area contributed by atoms with E-state index >= 15 is 0 Å². The SMILES string of the molecule is Cn1nc(CCOc2ccccc2)nc1CCN. The Morgan fingerprint density at radius 3 is 2.72 bits per heavy atom. The summed E-state index contributed by atoms with van der Waals surface area (Å²) in [5.41, 5.74) is 5.51. The Hall–Kier alpha value is -1.88. The lowest BCUT2D eigenvalue weighted by Gasteiger charge is -2.03. The molecule has 0 aliphatic heterocycles. The van der Waals surface area contributed by atoms with Crippen LogP contribution < -0.4 is 10.5 Å². The molecule has 0 aliphatic rings. The van der Waals surface area contributed by atoms with Crippen LogP contribution >= 0.6 is 0 Å². The molecule has 0 spiro atoms. The van der Waals surface area contributed by atoms with Crippen LogP contribution in [0.3, 0.4) is 0 Å². The lowest BCUT2D eigenvalue weighted by atomic mass is 10.3. The molecule has 2 rings (SSSR count).